The predicted octanol–water partition coefficient (Wildman–Crippen LogP) is 4.21. The van der Waals surface area contributed by atoms with Crippen LogP contribution in [0.2, 0.25) is 0 Å². The summed E-state index contributed by atoms with van der Waals surface area (Å²) in [5.41, 5.74) is 1.13. The molecule has 9 heteroatoms. The van der Waals surface area contributed by atoms with Crippen molar-refractivity contribution in [2.75, 3.05) is 13.1 Å². The number of piperidine rings is 1. The molecule has 36 heavy (non-hydrogen) atoms. The minimum atomic E-state index is -1.11. The number of likely N-dealkylation sites (tertiary alicyclic amines) is 1. The maximum Gasteiger partial charge on any atom is 0.281 e. The smallest absolute Gasteiger partial charge is 0.281 e. The third-order valence-electron chi connectivity index (χ3n) is 6.92. The number of aromatic nitrogens is 3. The van der Waals surface area contributed by atoms with Crippen LogP contribution in [0.1, 0.15) is 37.7 Å². The molecule has 0 bridgehead atoms. The lowest BCUT2D eigenvalue weighted by Crippen LogP contribution is -2.49. The van der Waals surface area contributed by atoms with E-state index in [0.717, 1.165) is 22.7 Å². The van der Waals surface area contributed by atoms with Crippen molar-refractivity contribution in [3.8, 4) is 10.4 Å². The molecule has 0 spiro atoms. The summed E-state index contributed by atoms with van der Waals surface area (Å²) in [5, 5.41) is 11.2. The quantitative estimate of drug-likeness (QED) is 0.423. The minimum absolute atomic E-state index is 0.0736. The average Bonchev–Trinajstić information content (AvgIpc) is 3.32. The molecule has 1 saturated heterocycles. The van der Waals surface area contributed by atoms with Crippen molar-refractivity contribution in [2.24, 2.45) is 0 Å². The van der Waals surface area contributed by atoms with Gasteiger partial charge in [-0.15, -0.1) is 0 Å². The number of carbonyl (C=O) groups excluding carboxylic acids is 1. The molecule has 7 nitrogen and oxygen atoms in total. The molecule has 1 aliphatic rings. The molecule has 186 valence electrons. The van der Waals surface area contributed by atoms with Crippen molar-refractivity contribution in [3.63, 3.8) is 0 Å². The summed E-state index contributed by atoms with van der Waals surface area (Å²) in [7, 11) is 0. The van der Waals surface area contributed by atoms with E-state index >= 15 is 0 Å². The second-order valence-corrected chi connectivity index (χ2v) is 10.3. The monoisotopic (exact) mass is 506 g/mol. The number of benzene rings is 2. The highest BCUT2D eigenvalue weighted by atomic mass is 32.1. The summed E-state index contributed by atoms with van der Waals surface area (Å²) >= 11 is 1.14. The van der Waals surface area contributed by atoms with Crippen molar-refractivity contribution in [1.82, 2.24) is 18.8 Å². The molecule has 1 aliphatic heterocycles. The Hall–Kier alpha value is -3.43. The highest BCUT2D eigenvalue weighted by molar-refractivity contribution is 7.11. The average molecular weight is 507 g/mol. The minimum Gasteiger partial charge on any atom is -0.388 e. The zero-order valence-electron chi connectivity index (χ0n) is 19.9. The molecule has 0 radical (unpaired) electrons. The maximum absolute atomic E-state index is 13.3. The first-order valence-corrected chi connectivity index (χ1v) is 12.8. The SMILES string of the molecule is C[C@H](CC(=O)N1CCC(O)(Cn2cnc3c(-c4ccc(F)cc4)snc3c2=O)CC1)c1ccccc1. The standard InChI is InChI=1S/C27H27FN4O3S/c1-18(19-5-3-2-4-6-19)15-22(33)31-13-11-27(35,12-14-31)16-32-17-29-23-24(26(32)34)30-36-25(23)20-7-9-21(28)10-8-20/h2-10,17-18,35H,11-16H2,1H3/t18-/m1/s1. The van der Waals surface area contributed by atoms with Crippen LogP contribution in [-0.2, 0) is 11.3 Å². The predicted molar refractivity (Wildman–Crippen MR) is 137 cm³/mol. The molecule has 2 aromatic carbocycles. The number of halogens is 1. The Kier molecular flexibility index (Phi) is 6.68. The third-order valence-corrected chi connectivity index (χ3v) is 7.81. The molecule has 0 unspecified atom stereocenters. The lowest BCUT2D eigenvalue weighted by atomic mass is 9.90. The van der Waals surface area contributed by atoms with Gasteiger partial charge in [-0.2, -0.15) is 4.37 Å². The van der Waals surface area contributed by atoms with Gasteiger partial charge in [0.05, 0.1) is 23.4 Å². The van der Waals surface area contributed by atoms with E-state index in [9.17, 15) is 19.1 Å². The normalized spacial score (nSPS) is 16.2. The van der Waals surface area contributed by atoms with Gasteiger partial charge in [0.2, 0.25) is 5.91 Å². The molecular formula is C27H27FN4O3S. The van der Waals surface area contributed by atoms with E-state index in [2.05, 4.69) is 9.36 Å². The van der Waals surface area contributed by atoms with E-state index in [1.807, 2.05) is 37.3 Å². The van der Waals surface area contributed by atoms with Gasteiger partial charge in [-0.3, -0.25) is 14.2 Å². The zero-order chi connectivity index (χ0) is 25.3. The molecule has 2 aromatic heterocycles. The topological polar surface area (TPSA) is 88.3 Å². The molecule has 0 aliphatic carbocycles. The summed E-state index contributed by atoms with van der Waals surface area (Å²) in [4.78, 5) is 32.9. The van der Waals surface area contributed by atoms with E-state index in [4.69, 9.17) is 0 Å². The van der Waals surface area contributed by atoms with Gasteiger partial charge in [0, 0.05) is 19.5 Å². The molecule has 4 aromatic rings. The number of carbonyl (C=O) groups is 1. The van der Waals surface area contributed by atoms with Crippen LogP contribution in [0.5, 0.6) is 0 Å². The van der Waals surface area contributed by atoms with Crippen LogP contribution < -0.4 is 5.56 Å². The van der Waals surface area contributed by atoms with Crippen LogP contribution in [-0.4, -0.2) is 48.5 Å². The van der Waals surface area contributed by atoms with Crippen molar-refractivity contribution < 1.29 is 14.3 Å². The first kappa shape index (κ1) is 24.3. The molecule has 1 atom stereocenters. The van der Waals surface area contributed by atoms with Gasteiger partial charge in [0.25, 0.3) is 5.56 Å². The van der Waals surface area contributed by atoms with Crippen LogP contribution >= 0.6 is 11.5 Å². The first-order chi connectivity index (χ1) is 17.3. The van der Waals surface area contributed by atoms with Gasteiger partial charge in [-0.05, 0) is 53.6 Å². The number of hydrogen-bond acceptors (Lipinski definition) is 6. The second-order valence-electron chi connectivity index (χ2n) is 9.51. The van der Waals surface area contributed by atoms with Gasteiger partial charge in [-0.1, -0.05) is 49.4 Å². The summed E-state index contributed by atoms with van der Waals surface area (Å²) in [6.45, 7) is 3.00. The summed E-state index contributed by atoms with van der Waals surface area (Å²) < 4.78 is 19.0. The van der Waals surface area contributed by atoms with Gasteiger partial charge in [0.15, 0.2) is 5.52 Å². The number of rotatable bonds is 6. The van der Waals surface area contributed by atoms with E-state index in [0.29, 0.717) is 42.7 Å². The zero-order valence-corrected chi connectivity index (χ0v) is 20.7. The van der Waals surface area contributed by atoms with Gasteiger partial charge < -0.3 is 10.0 Å². The van der Waals surface area contributed by atoms with Crippen LogP contribution in [0.25, 0.3) is 21.5 Å². The fourth-order valence-corrected chi connectivity index (χ4v) is 5.53. The van der Waals surface area contributed by atoms with E-state index in [-0.39, 0.29) is 35.3 Å². The van der Waals surface area contributed by atoms with Crippen molar-refractivity contribution in [1.29, 1.82) is 0 Å². The van der Waals surface area contributed by atoms with Crippen LogP contribution in [0.15, 0.2) is 65.7 Å². The van der Waals surface area contributed by atoms with Crippen molar-refractivity contribution in [3.05, 3.63) is 82.7 Å². The number of fused-ring (bicyclic) bond motifs is 1. The summed E-state index contributed by atoms with van der Waals surface area (Å²) in [6.07, 6.45) is 2.60. The third kappa shape index (κ3) is 4.94. The number of hydrogen-bond donors (Lipinski definition) is 1. The lowest BCUT2D eigenvalue weighted by molar-refractivity contribution is -0.136. The second kappa shape index (κ2) is 9.91. The molecule has 1 amide bonds. The maximum atomic E-state index is 13.3. The summed E-state index contributed by atoms with van der Waals surface area (Å²) in [6, 6.07) is 15.9. The highest BCUT2D eigenvalue weighted by Crippen LogP contribution is 2.31. The van der Waals surface area contributed by atoms with Gasteiger partial charge in [0.1, 0.15) is 11.3 Å². The Morgan fingerprint density at radius 3 is 2.50 bits per heavy atom. The summed E-state index contributed by atoms with van der Waals surface area (Å²) in [5.74, 6) is -0.146. The van der Waals surface area contributed by atoms with E-state index < -0.39 is 5.60 Å². The molecule has 3 heterocycles. The van der Waals surface area contributed by atoms with Crippen LogP contribution in [0.4, 0.5) is 4.39 Å². The number of aliphatic hydroxyl groups is 1. The molecule has 5 rings (SSSR count). The fraction of sp³-hybridized carbons (Fsp3) is 0.333. The Balaban J connectivity index is 1.25. The van der Waals surface area contributed by atoms with Crippen molar-refractivity contribution >= 4 is 28.5 Å². The van der Waals surface area contributed by atoms with Crippen LogP contribution in [0.3, 0.4) is 0 Å². The Bertz CT molecular complexity index is 1430. The molecule has 0 saturated carbocycles. The Labute approximate surface area is 212 Å². The van der Waals surface area contributed by atoms with E-state index in [1.165, 1.54) is 23.0 Å². The fourth-order valence-electron chi connectivity index (χ4n) is 4.70. The number of amides is 1. The van der Waals surface area contributed by atoms with Crippen LogP contribution in [0, 0.1) is 5.82 Å². The highest BCUT2D eigenvalue weighted by Gasteiger charge is 2.35. The van der Waals surface area contributed by atoms with Crippen molar-refractivity contribution in [2.45, 2.75) is 44.2 Å². The van der Waals surface area contributed by atoms with Gasteiger partial charge in [-0.25, -0.2) is 9.37 Å². The molecule has 1 fully saturated rings. The number of nitrogens with zero attached hydrogens (tertiary/aromatic N) is 4. The Morgan fingerprint density at radius 1 is 1.11 bits per heavy atom. The first-order valence-electron chi connectivity index (χ1n) is 12.0. The Morgan fingerprint density at radius 2 is 1.81 bits per heavy atom. The molecule has 1 N–H and O–H groups in total. The lowest BCUT2D eigenvalue weighted by Gasteiger charge is -2.38. The molecular weight excluding hydrogens is 479 g/mol. The largest absolute Gasteiger partial charge is 0.388 e. The van der Waals surface area contributed by atoms with Gasteiger partial charge >= 0.3 is 0 Å². The van der Waals surface area contributed by atoms with E-state index in [1.54, 1.807) is 17.0 Å².